The van der Waals surface area contributed by atoms with Crippen molar-refractivity contribution >= 4 is 29.2 Å². The molecule has 5 nitrogen and oxygen atoms in total. The van der Waals surface area contributed by atoms with E-state index in [9.17, 15) is 9.59 Å². The van der Waals surface area contributed by atoms with Crippen LogP contribution >= 0.6 is 11.6 Å². The summed E-state index contributed by atoms with van der Waals surface area (Å²) >= 11 is 6.01. The number of hydrogen-bond acceptors (Lipinski definition) is 3. The average Bonchev–Trinajstić information content (AvgIpc) is 2.37. The monoisotopic (exact) mass is 337 g/mol. The average molecular weight is 338 g/mol. The summed E-state index contributed by atoms with van der Waals surface area (Å²) < 4.78 is 5.81. The van der Waals surface area contributed by atoms with Crippen molar-refractivity contribution in [1.29, 1.82) is 0 Å². The second-order valence-electron chi connectivity index (χ2n) is 6.37. The van der Waals surface area contributed by atoms with Crippen molar-refractivity contribution < 1.29 is 19.4 Å². The van der Waals surface area contributed by atoms with Gasteiger partial charge < -0.3 is 15.2 Å². The lowest BCUT2D eigenvalue weighted by Gasteiger charge is -2.32. The minimum absolute atomic E-state index is 0.278. The number of carboxylic acid groups (broad SMARTS) is 1. The Morgan fingerprint density at radius 1 is 1.22 bits per heavy atom. The Bertz CT molecular complexity index is 615. The van der Waals surface area contributed by atoms with Crippen LogP contribution in [0.4, 0.5) is 5.69 Å². The third kappa shape index (κ3) is 3.61. The fourth-order valence-electron chi connectivity index (χ4n) is 2.93. The molecule has 2 aliphatic carbocycles. The molecule has 0 radical (unpaired) electrons. The van der Waals surface area contributed by atoms with Gasteiger partial charge in [-0.2, -0.15) is 0 Å². The molecule has 2 saturated carbocycles. The van der Waals surface area contributed by atoms with Crippen molar-refractivity contribution in [2.45, 2.75) is 32.1 Å². The Balaban J connectivity index is 1.66. The van der Waals surface area contributed by atoms with Crippen LogP contribution in [0.1, 0.15) is 32.1 Å². The van der Waals surface area contributed by atoms with Crippen LogP contribution in [0, 0.1) is 17.8 Å². The first-order valence-corrected chi connectivity index (χ1v) is 8.38. The van der Waals surface area contributed by atoms with Crippen LogP contribution in [0.5, 0.6) is 5.75 Å². The lowest BCUT2D eigenvalue weighted by Crippen LogP contribution is -2.41. The molecule has 0 heterocycles. The van der Waals surface area contributed by atoms with Crippen molar-refractivity contribution in [2.24, 2.45) is 17.8 Å². The van der Waals surface area contributed by atoms with E-state index in [4.69, 9.17) is 21.4 Å². The van der Waals surface area contributed by atoms with Gasteiger partial charge in [0.2, 0.25) is 5.91 Å². The Morgan fingerprint density at radius 2 is 1.96 bits per heavy atom. The summed E-state index contributed by atoms with van der Waals surface area (Å²) in [5.74, 6) is -1.10. The molecule has 0 aromatic heterocycles. The van der Waals surface area contributed by atoms with E-state index in [1.54, 1.807) is 18.2 Å². The van der Waals surface area contributed by atoms with Crippen LogP contribution in [0.15, 0.2) is 18.2 Å². The molecule has 23 heavy (non-hydrogen) atoms. The number of hydrogen-bond donors (Lipinski definition) is 2. The first-order valence-electron chi connectivity index (χ1n) is 8.00. The summed E-state index contributed by atoms with van der Waals surface area (Å²) in [6.07, 6.45) is 4.75. The number of amides is 1. The normalized spacial score (nSPS) is 23.5. The number of ether oxygens (including phenoxy) is 1. The number of anilines is 1. The maximum absolute atomic E-state index is 12.3. The van der Waals surface area contributed by atoms with Gasteiger partial charge in [-0.3, -0.25) is 9.59 Å². The summed E-state index contributed by atoms with van der Waals surface area (Å²) in [6, 6.07) is 5.10. The van der Waals surface area contributed by atoms with Gasteiger partial charge in [-0.05, 0) is 49.8 Å². The number of carbonyl (C=O) groups excluding carboxylic acids is 1. The Hall–Kier alpha value is -1.75. The molecule has 124 valence electrons. The largest absolute Gasteiger partial charge is 0.491 e. The Morgan fingerprint density at radius 3 is 2.52 bits per heavy atom. The maximum atomic E-state index is 12.3. The highest BCUT2D eigenvalue weighted by Crippen LogP contribution is 2.37. The van der Waals surface area contributed by atoms with Gasteiger partial charge >= 0.3 is 5.97 Å². The van der Waals surface area contributed by atoms with Gasteiger partial charge in [-0.1, -0.05) is 18.0 Å². The fourth-order valence-corrected chi connectivity index (χ4v) is 3.10. The van der Waals surface area contributed by atoms with Crippen LogP contribution in [-0.4, -0.2) is 23.6 Å². The smallest absolute Gasteiger partial charge is 0.307 e. The van der Waals surface area contributed by atoms with Crippen LogP contribution in [0.2, 0.25) is 5.02 Å². The number of nitrogens with one attached hydrogen (secondary N) is 1. The Kier molecular flexibility index (Phi) is 4.76. The van der Waals surface area contributed by atoms with Crippen LogP contribution < -0.4 is 10.1 Å². The van der Waals surface area contributed by atoms with E-state index in [-0.39, 0.29) is 5.91 Å². The van der Waals surface area contributed by atoms with Gasteiger partial charge in [0.15, 0.2) is 0 Å². The van der Waals surface area contributed by atoms with Gasteiger partial charge in [0, 0.05) is 5.02 Å². The van der Waals surface area contributed by atoms with Gasteiger partial charge in [0.25, 0.3) is 0 Å². The number of aliphatic carboxylic acids is 1. The fraction of sp³-hybridized carbons (Fsp3) is 0.529. The van der Waals surface area contributed by atoms with E-state index in [0.29, 0.717) is 41.8 Å². The molecule has 3 rings (SSSR count). The highest BCUT2D eigenvalue weighted by atomic mass is 35.5. The maximum Gasteiger partial charge on any atom is 0.307 e. The summed E-state index contributed by atoms with van der Waals surface area (Å²) in [4.78, 5) is 23.4. The van der Waals surface area contributed by atoms with Gasteiger partial charge in [0.1, 0.15) is 5.75 Å². The van der Waals surface area contributed by atoms with Crippen LogP contribution in [0.3, 0.4) is 0 Å². The van der Waals surface area contributed by atoms with Crippen molar-refractivity contribution in [2.75, 3.05) is 11.9 Å². The van der Waals surface area contributed by atoms with Crippen LogP contribution in [0.25, 0.3) is 0 Å². The Labute approximate surface area is 140 Å². The molecule has 6 heteroatoms. The highest BCUT2D eigenvalue weighted by Gasteiger charge is 2.41. The van der Waals surface area contributed by atoms with Gasteiger partial charge in [-0.25, -0.2) is 0 Å². The second-order valence-corrected chi connectivity index (χ2v) is 6.80. The molecule has 0 spiro atoms. The molecule has 2 aliphatic rings. The van der Waals surface area contributed by atoms with Crippen molar-refractivity contribution in [1.82, 2.24) is 0 Å². The first kappa shape index (κ1) is 16.1. The highest BCUT2D eigenvalue weighted by molar-refractivity contribution is 6.31. The lowest BCUT2D eigenvalue weighted by atomic mass is 9.73. The number of carbonyl (C=O) groups is 2. The minimum Gasteiger partial charge on any atom is -0.491 e. The third-order valence-corrected chi connectivity index (χ3v) is 5.06. The number of halogens is 1. The van der Waals surface area contributed by atoms with Gasteiger partial charge in [-0.15, -0.1) is 0 Å². The standard InChI is InChI=1S/C17H20ClNO4/c18-11-4-7-15(23-9-10-2-1-3-10)14(8-11)19-16(20)12-5-6-13(12)17(21)22/h4,7-8,10,12-13H,1-3,5-6,9H2,(H,19,20)(H,21,22). The summed E-state index contributed by atoms with van der Waals surface area (Å²) in [5.41, 5.74) is 0.512. The van der Waals surface area contributed by atoms with E-state index in [1.165, 1.54) is 19.3 Å². The van der Waals surface area contributed by atoms with Crippen molar-refractivity contribution in [3.63, 3.8) is 0 Å². The molecule has 2 atom stereocenters. The molecular weight excluding hydrogens is 318 g/mol. The van der Waals surface area contributed by atoms with E-state index in [1.807, 2.05) is 0 Å². The molecule has 2 fully saturated rings. The molecule has 1 aromatic rings. The van der Waals surface area contributed by atoms with E-state index in [0.717, 1.165) is 0 Å². The zero-order valence-corrected chi connectivity index (χ0v) is 13.5. The summed E-state index contributed by atoms with van der Waals surface area (Å²) in [5, 5.41) is 12.4. The molecule has 2 N–H and O–H groups in total. The van der Waals surface area contributed by atoms with E-state index in [2.05, 4.69) is 5.32 Å². The van der Waals surface area contributed by atoms with Crippen LogP contribution in [-0.2, 0) is 9.59 Å². The number of benzene rings is 1. The molecular formula is C17H20ClNO4. The number of carboxylic acids is 1. The van der Waals surface area contributed by atoms with Gasteiger partial charge in [0.05, 0.1) is 24.1 Å². The van der Waals surface area contributed by atoms with E-state index >= 15 is 0 Å². The van der Waals surface area contributed by atoms with E-state index < -0.39 is 17.8 Å². The second kappa shape index (κ2) is 6.79. The molecule has 2 unspecified atom stereocenters. The SMILES string of the molecule is O=C(O)C1CCC1C(=O)Nc1cc(Cl)ccc1OCC1CCC1. The van der Waals surface area contributed by atoms with Crippen molar-refractivity contribution in [3.8, 4) is 5.75 Å². The number of rotatable bonds is 6. The predicted molar refractivity (Wildman–Crippen MR) is 86.8 cm³/mol. The predicted octanol–water partition coefficient (Wildman–Crippen LogP) is 3.57. The first-order chi connectivity index (χ1) is 11.0. The molecule has 0 bridgehead atoms. The quantitative estimate of drug-likeness (QED) is 0.832. The zero-order chi connectivity index (χ0) is 16.4. The topological polar surface area (TPSA) is 75.6 Å². The summed E-state index contributed by atoms with van der Waals surface area (Å²) in [6.45, 7) is 0.631. The zero-order valence-electron chi connectivity index (χ0n) is 12.8. The third-order valence-electron chi connectivity index (χ3n) is 4.83. The molecule has 1 aromatic carbocycles. The molecule has 0 saturated heterocycles. The minimum atomic E-state index is -0.913. The summed E-state index contributed by atoms with van der Waals surface area (Å²) in [7, 11) is 0. The van der Waals surface area contributed by atoms with Crippen molar-refractivity contribution in [3.05, 3.63) is 23.2 Å². The molecule has 0 aliphatic heterocycles. The molecule has 1 amide bonds. The lowest BCUT2D eigenvalue weighted by molar-refractivity contribution is -0.151.